The number of benzene rings is 2. The van der Waals surface area contributed by atoms with Crippen molar-refractivity contribution in [2.45, 2.75) is 19.6 Å². The van der Waals surface area contributed by atoms with Crippen LogP contribution < -0.4 is 5.32 Å². The van der Waals surface area contributed by atoms with Crippen LogP contribution in [0.3, 0.4) is 0 Å². The topological polar surface area (TPSA) is 12.0 Å². The number of halogens is 4. The van der Waals surface area contributed by atoms with E-state index in [0.29, 0.717) is 23.2 Å². The van der Waals surface area contributed by atoms with E-state index in [2.05, 4.69) is 5.32 Å². The van der Waals surface area contributed by atoms with Crippen LogP contribution in [0.25, 0.3) is 11.1 Å². The van der Waals surface area contributed by atoms with Crippen LogP contribution in [0, 0.1) is 12.7 Å². The zero-order chi connectivity index (χ0) is 15.6. The van der Waals surface area contributed by atoms with Crippen LogP contribution >= 0.6 is 0 Å². The molecule has 0 aliphatic rings. The summed E-state index contributed by atoms with van der Waals surface area (Å²) in [6, 6.07) is 7.84. The van der Waals surface area contributed by atoms with Crippen molar-refractivity contribution in [1.82, 2.24) is 5.32 Å². The summed E-state index contributed by atoms with van der Waals surface area (Å²) < 4.78 is 51.6. The second-order valence-electron chi connectivity index (χ2n) is 4.86. The average Bonchev–Trinajstić information content (AvgIpc) is 2.40. The molecule has 1 N–H and O–H groups in total. The molecule has 0 spiro atoms. The number of hydrogen-bond acceptors (Lipinski definition) is 1. The summed E-state index contributed by atoms with van der Waals surface area (Å²) in [5.41, 5.74) is 1.81. The van der Waals surface area contributed by atoms with Crippen LogP contribution in [-0.2, 0) is 12.7 Å². The Labute approximate surface area is 120 Å². The molecule has 0 heterocycles. The molecule has 0 radical (unpaired) electrons. The maximum atomic E-state index is 13.5. The lowest BCUT2D eigenvalue weighted by Gasteiger charge is -2.14. The molecule has 0 atom stereocenters. The molecule has 0 bridgehead atoms. The van der Waals surface area contributed by atoms with Crippen molar-refractivity contribution < 1.29 is 17.6 Å². The fourth-order valence-electron chi connectivity index (χ4n) is 2.29. The molecule has 0 aliphatic carbocycles. The Balaban J connectivity index is 2.54. The van der Waals surface area contributed by atoms with Crippen molar-refractivity contribution in [2.75, 3.05) is 7.05 Å². The molecule has 1 nitrogen and oxygen atoms in total. The van der Waals surface area contributed by atoms with Gasteiger partial charge in [0.2, 0.25) is 0 Å². The van der Waals surface area contributed by atoms with Gasteiger partial charge in [-0.3, -0.25) is 0 Å². The Bertz CT molecular complexity index is 647. The van der Waals surface area contributed by atoms with E-state index in [0.717, 1.165) is 17.7 Å². The number of hydrogen-bond donors (Lipinski definition) is 1. The van der Waals surface area contributed by atoms with E-state index in [1.165, 1.54) is 18.2 Å². The minimum atomic E-state index is -4.38. The predicted molar refractivity (Wildman–Crippen MR) is 74.3 cm³/mol. The number of aryl methyl sites for hydroxylation is 1. The van der Waals surface area contributed by atoms with Crippen LogP contribution in [0.2, 0.25) is 0 Å². The zero-order valence-electron chi connectivity index (χ0n) is 11.7. The SMILES string of the molecule is CNCc1ccc(F)cc1-c1ccc(C(F)(F)F)cc1C. The van der Waals surface area contributed by atoms with Crippen molar-refractivity contribution in [3.05, 3.63) is 58.9 Å². The van der Waals surface area contributed by atoms with E-state index in [4.69, 9.17) is 0 Å². The quantitative estimate of drug-likeness (QED) is 0.820. The molecule has 2 aromatic rings. The van der Waals surface area contributed by atoms with Gasteiger partial charge in [-0.1, -0.05) is 12.1 Å². The molecule has 2 aromatic carbocycles. The lowest BCUT2D eigenvalue weighted by atomic mass is 9.94. The van der Waals surface area contributed by atoms with E-state index < -0.39 is 17.6 Å². The first kappa shape index (κ1) is 15.5. The summed E-state index contributed by atoms with van der Waals surface area (Å²) in [4.78, 5) is 0. The zero-order valence-corrected chi connectivity index (χ0v) is 11.7. The highest BCUT2D eigenvalue weighted by Crippen LogP contribution is 2.34. The van der Waals surface area contributed by atoms with Gasteiger partial charge in [-0.05, 0) is 60.5 Å². The van der Waals surface area contributed by atoms with Crippen LogP contribution in [0.5, 0.6) is 0 Å². The van der Waals surface area contributed by atoms with Crippen molar-refractivity contribution >= 4 is 0 Å². The van der Waals surface area contributed by atoms with Gasteiger partial charge in [0.05, 0.1) is 5.56 Å². The molecular formula is C16H15F4N. The fourth-order valence-corrected chi connectivity index (χ4v) is 2.29. The molecule has 0 amide bonds. The van der Waals surface area contributed by atoms with Gasteiger partial charge < -0.3 is 5.32 Å². The third kappa shape index (κ3) is 3.42. The van der Waals surface area contributed by atoms with Crippen LogP contribution in [0.1, 0.15) is 16.7 Å². The Morgan fingerprint density at radius 3 is 2.29 bits per heavy atom. The third-order valence-corrected chi connectivity index (χ3v) is 3.28. The lowest BCUT2D eigenvalue weighted by Crippen LogP contribution is -2.08. The minimum Gasteiger partial charge on any atom is -0.316 e. The molecule has 0 saturated heterocycles. The Kier molecular flexibility index (Phi) is 4.32. The van der Waals surface area contributed by atoms with E-state index in [1.807, 2.05) is 0 Å². The molecule has 2 rings (SSSR count). The van der Waals surface area contributed by atoms with E-state index >= 15 is 0 Å². The summed E-state index contributed by atoms with van der Waals surface area (Å²) in [5, 5.41) is 2.97. The highest BCUT2D eigenvalue weighted by atomic mass is 19.4. The molecule has 0 saturated carbocycles. The normalized spacial score (nSPS) is 11.7. The maximum absolute atomic E-state index is 13.5. The van der Waals surface area contributed by atoms with Crippen molar-refractivity contribution in [3.8, 4) is 11.1 Å². The molecule has 0 aromatic heterocycles. The van der Waals surface area contributed by atoms with Crippen LogP contribution in [-0.4, -0.2) is 7.05 Å². The molecule has 5 heteroatoms. The predicted octanol–water partition coefficient (Wildman–Crippen LogP) is 4.54. The van der Waals surface area contributed by atoms with Crippen molar-refractivity contribution in [2.24, 2.45) is 0 Å². The summed E-state index contributed by atoms with van der Waals surface area (Å²) >= 11 is 0. The van der Waals surface area contributed by atoms with Gasteiger partial charge in [0.15, 0.2) is 0 Å². The molecule has 21 heavy (non-hydrogen) atoms. The third-order valence-electron chi connectivity index (χ3n) is 3.28. The minimum absolute atomic E-state index is 0.413. The van der Waals surface area contributed by atoms with E-state index in [1.54, 1.807) is 20.0 Å². The van der Waals surface area contributed by atoms with Crippen molar-refractivity contribution in [3.63, 3.8) is 0 Å². The number of nitrogens with one attached hydrogen (secondary N) is 1. The molecule has 112 valence electrons. The molecule has 0 fully saturated rings. The van der Waals surface area contributed by atoms with Crippen LogP contribution in [0.4, 0.5) is 17.6 Å². The number of alkyl halides is 3. The Hall–Kier alpha value is -1.88. The Morgan fingerprint density at radius 2 is 1.71 bits per heavy atom. The van der Waals surface area contributed by atoms with Gasteiger partial charge in [-0.25, -0.2) is 4.39 Å². The molecule has 0 aliphatic heterocycles. The number of rotatable bonds is 3. The summed E-state index contributed by atoms with van der Waals surface area (Å²) in [7, 11) is 1.76. The van der Waals surface area contributed by atoms with Crippen molar-refractivity contribution in [1.29, 1.82) is 0 Å². The lowest BCUT2D eigenvalue weighted by molar-refractivity contribution is -0.137. The average molecular weight is 297 g/mol. The molecular weight excluding hydrogens is 282 g/mol. The second kappa shape index (κ2) is 5.85. The second-order valence-corrected chi connectivity index (χ2v) is 4.86. The van der Waals surface area contributed by atoms with E-state index in [9.17, 15) is 17.6 Å². The van der Waals surface area contributed by atoms with Gasteiger partial charge in [0, 0.05) is 6.54 Å². The summed E-state index contributed by atoms with van der Waals surface area (Å²) in [5.74, 6) is -0.413. The van der Waals surface area contributed by atoms with Gasteiger partial charge in [-0.2, -0.15) is 13.2 Å². The summed E-state index contributed by atoms with van der Waals surface area (Å²) in [6.45, 7) is 2.11. The van der Waals surface area contributed by atoms with Gasteiger partial charge in [-0.15, -0.1) is 0 Å². The first-order valence-electron chi connectivity index (χ1n) is 6.44. The fraction of sp³-hybridized carbons (Fsp3) is 0.250. The van der Waals surface area contributed by atoms with Gasteiger partial charge >= 0.3 is 6.18 Å². The Morgan fingerprint density at radius 1 is 1.00 bits per heavy atom. The first-order valence-corrected chi connectivity index (χ1v) is 6.44. The van der Waals surface area contributed by atoms with Crippen LogP contribution in [0.15, 0.2) is 36.4 Å². The van der Waals surface area contributed by atoms with E-state index in [-0.39, 0.29) is 0 Å². The molecule has 0 unspecified atom stereocenters. The van der Waals surface area contributed by atoms with Gasteiger partial charge in [0.25, 0.3) is 0 Å². The smallest absolute Gasteiger partial charge is 0.316 e. The standard InChI is InChI=1S/C16H15F4N/c1-10-7-12(16(18,19)20)4-6-14(10)15-8-13(17)5-3-11(15)9-21-2/h3-8,21H,9H2,1-2H3. The largest absolute Gasteiger partial charge is 0.416 e. The maximum Gasteiger partial charge on any atom is 0.416 e. The highest BCUT2D eigenvalue weighted by Gasteiger charge is 2.30. The van der Waals surface area contributed by atoms with Gasteiger partial charge in [0.1, 0.15) is 5.82 Å². The highest BCUT2D eigenvalue weighted by molar-refractivity contribution is 5.71. The first-order chi connectivity index (χ1) is 9.82. The summed E-state index contributed by atoms with van der Waals surface area (Å²) in [6.07, 6.45) is -4.38. The monoisotopic (exact) mass is 297 g/mol.